The molecule has 32 heavy (non-hydrogen) atoms. The van der Waals surface area contributed by atoms with Crippen molar-refractivity contribution >= 4 is 23.3 Å². The second kappa shape index (κ2) is 13.3. The lowest BCUT2D eigenvalue weighted by Gasteiger charge is -2.30. The highest BCUT2D eigenvalue weighted by molar-refractivity contribution is 5.92. The van der Waals surface area contributed by atoms with E-state index in [0.717, 1.165) is 57.3 Å². The van der Waals surface area contributed by atoms with Crippen molar-refractivity contribution < 1.29 is 14.8 Å². The van der Waals surface area contributed by atoms with Gasteiger partial charge in [-0.2, -0.15) is 0 Å². The first-order valence-corrected chi connectivity index (χ1v) is 12.5. The van der Waals surface area contributed by atoms with Crippen molar-refractivity contribution in [3.8, 4) is 0 Å². The number of benzene rings is 1. The van der Waals surface area contributed by atoms with E-state index in [2.05, 4.69) is 34.5 Å². The fourth-order valence-corrected chi connectivity index (χ4v) is 4.81. The van der Waals surface area contributed by atoms with Gasteiger partial charge in [-0.05, 0) is 69.2 Å². The van der Waals surface area contributed by atoms with Crippen LogP contribution in [0, 0.1) is 0 Å². The molecule has 7 nitrogen and oxygen atoms in total. The smallest absolute Gasteiger partial charge is 0.322 e. The van der Waals surface area contributed by atoms with E-state index in [0.29, 0.717) is 13.0 Å². The van der Waals surface area contributed by atoms with E-state index in [1.807, 2.05) is 4.90 Å². The molecule has 1 aromatic carbocycles. The lowest BCUT2D eigenvalue weighted by molar-refractivity contribution is -0.129. The lowest BCUT2D eigenvalue weighted by Crippen LogP contribution is -2.46. The number of anilines is 2. The van der Waals surface area contributed by atoms with Gasteiger partial charge in [0.05, 0.1) is 0 Å². The van der Waals surface area contributed by atoms with Gasteiger partial charge in [0.15, 0.2) is 0 Å². The topological polar surface area (TPSA) is 84.9 Å². The van der Waals surface area contributed by atoms with Gasteiger partial charge in [0.1, 0.15) is 0 Å². The van der Waals surface area contributed by atoms with Crippen LogP contribution < -0.4 is 20.6 Å². The summed E-state index contributed by atoms with van der Waals surface area (Å²) >= 11 is 0. The van der Waals surface area contributed by atoms with Gasteiger partial charge in [0, 0.05) is 43.5 Å². The van der Waals surface area contributed by atoms with E-state index in [9.17, 15) is 9.59 Å². The summed E-state index contributed by atoms with van der Waals surface area (Å²) in [6.45, 7) is 2.88. The van der Waals surface area contributed by atoms with Crippen molar-refractivity contribution in [2.24, 2.45) is 0 Å². The summed E-state index contributed by atoms with van der Waals surface area (Å²) in [5, 5.41) is 11.8. The van der Waals surface area contributed by atoms with E-state index in [1.165, 1.54) is 44.2 Å². The average Bonchev–Trinajstić information content (AvgIpc) is 2.84. The van der Waals surface area contributed by atoms with E-state index in [1.54, 1.807) is 5.48 Å². The zero-order valence-corrected chi connectivity index (χ0v) is 19.4. The summed E-state index contributed by atoms with van der Waals surface area (Å²) in [5.74, 6) is -0.340. The van der Waals surface area contributed by atoms with Crippen molar-refractivity contribution in [2.75, 3.05) is 29.4 Å². The molecule has 1 heterocycles. The lowest BCUT2D eigenvalue weighted by atomic mass is 9.96. The predicted molar refractivity (Wildman–Crippen MR) is 128 cm³/mol. The number of hydrogen-bond acceptors (Lipinski definition) is 4. The quantitative estimate of drug-likeness (QED) is 0.270. The number of hydroxylamine groups is 1. The maximum Gasteiger partial charge on any atom is 0.322 e. The maximum atomic E-state index is 13.2. The van der Waals surface area contributed by atoms with E-state index < -0.39 is 0 Å². The molecule has 0 bridgehead atoms. The van der Waals surface area contributed by atoms with Crippen molar-refractivity contribution in [1.82, 2.24) is 10.8 Å². The summed E-state index contributed by atoms with van der Waals surface area (Å²) in [6, 6.07) is 8.74. The first-order chi connectivity index (χ1) is 15.7. The van der Waals surface area contributed by atoms with Crippen molar-refractivity contribution in [2.45, 2.75) is 89.5 Å². The molecule has 3 rings (SSSR count). The number of piperidine rings is 1. The van der Waals surface area contributed by atoms with E-state index >= 15 is 0 Å². The Morgan fingerprint density at radius 3 is 2.25 bits per heavy atom. The number of unbranched alkanes of at least 4 members (excludes halogenated alkanes) is 3. The zero-order valence-electron chi connectivity index (χ0n) is 19.4. The first-order valence-electron chi connectivity index (χ1n) is 12.5. The summed E-state index contributed by atoms with van der Waals surface area (Å²) in [4.78, 5) is 28.6. The molecule has 1 saturated heterocycles. The second-order valence-electron chi connectivity index (χ2n) is 9.20. The molecule has 1 aromatic rings. The molecule has 0 atom stereocenters. The Morgan fingerprint density at radius 1 is 0.906 bits per heavy atom. The standard InChI is InChI=1S/C25H40N4O3/c30-24(27-32)13-7-1-2-10-20-29(25(31)26-21-11-5-3-6-12-21)23-16-14-22(15-17-23)28-18-8-4-9-19-28/h14-17,21,32H,1-13,18-20H2,(H,26,31)(H,27,30). The van der Waals surface area contributed by atoms with Crippen LogP contribution in [-0.2, 0) is 4.79 Å². The van der Waals surface area contributed by atoms with E-state index in [-0.39, 0.29) is 18.0 Å². The van der Waals surface area contributed by atoms with Crippen LogP contribution in [0.4, 0.5) is 16.2 Å². The second-order valence-corrected chi connectivity index (χ2v) is 9.20. The van der Waals surface area contributed by atoms with Crippen LogP contribution in [0.25, 0.3) is 0 Å². The number of carbonyl (C=O) groups is 2. The van der Waals surface area contributed by atoms with Crippen molar-refractivity contribution in [3.05, 3.63) is 24.3 Å². The summed E-state index contributed by atoms with van der Waals surface area (Å²) in [7, 11) is 0. The molecule has 2 fully saturated rings. The Labute approximate surface area is 192 Å². The van der Waals surface area contributed by atoms with Crippen LogP contribution in [0.1, 0.15) is 83.5 Å². The fraction of sp³-hybridized carbons (Fsp3) is 0.680. The molecule has 1 aliphatic heterocycles. The zero-order chi connectivity index (χ0) is 22.6. The van der Waals surface area contributed by atoms with Crippen molar-refractivity contribution in [1.29, 1.82) is 0 Å². The summed E-state index contributed by atoms with van der Waals surface area (Å²) < 4.78 is 0. The molecule has 1 aliphatic carbocycles. The van der Waals surface area contributed by atoms with Crippen LogP contribution in [0.15, 0.2) is 24.3 Å². The molecule has 0 aromatic heterocycles. The molecule has 0 spiro atoms. The van der Waals surface area contributed by atoms with Gasteiger partial charge in [-0.1, -0.05) is 32.1 Å². The normalized spacial score (nSPS) is 17.1. The van der Waals surface area contributed by atoms with Crippen molar-refractivity contribution in [3.63, 3.8) is 0 Å². The van der Waals surface area contributed by atoms with Crippen LogP contribution in [-0.4, -0.2) is 42.8 Å². The molecular formula is C25H40N4O3. The monoisotopic (exact) mass is 444 g/mol. The molecule has 3 amide bonds. The van der Waals surface area contributed by atoms with E-state index in [4.69, 9.17) is 5.21 Å². The summed E-state index contributed by atoms with van der Waals surface area (Å²) in [5.41, 5.74) is 3.86. The molecule has 7 heteroatoms. The Kier molecular flexibility index (Phi) is 10.1. The maximum absolute atomic E-state index is 13.2. The minimum atomic E-state index is -0.340. The number of amides is 3. The minimum absolute atomic E-state index is 0.00211. The molecule has 0 radical (unpaired) electrons. The first kappa shape index (κ1) is 24.4. The number of carbonyl (C=O) groups excluding carboxylic acids is 2. The van der Waals surface area contributed by atoms with Gasteiger partial charge in [-0.3, -0.25) is 14.9 Å². The highest BCUT2D eigenvalue weighted by Crippen LogP contribution is 2.25. The molecule has 1 saturated carbocycles. The highest BCUT2D eigenvalue weighted by atomic mass is 16.5. The third-order valence-electron chi connectivity index (χ3n) is 6.72. The van der Waals surface area contributed by atoms with Gasteiger partial charge in [0.25, 0.3) is 0 Å². The van der Waals surface area contributed by atoms with Crippen LogP contribution >= 0.6 is 0 Å². The summed E-state index contributed by atoms with van der Waals surface area (Å²) in [6.07, 6.45) is 13.4. The number of urea groups is 1. The molecule has 178 valence electrons. The van der Waals surface area contributed by atoms with Gasteiger partial charge in [0.2, 0.25) is 5.91 Å². The average molecular weight is 445 g/mol. The van der Waals surface area contributed by atoms with Gasteiger partial charge < -0.3 is 10.2 Å². The van der Waals surface area contributed by atoms with Gasteiger partial charge in [-0.15, -0.1) is 0 Å². The predicted octanol–water partition coefficient (Wildman–Crippen LogP) is 4.98. The number of nitrogens with zero attached hydrogens (tertiary/aromatic N) is 2. The fourth-order valence-electron chi connectivity index (χ4n) is 4.81. The largest absolute Gasteiger partial charge is 0.372 e. The molecule has 2 aliphatic rings. The SMILES string of the molecule is O=C(CCCCCCN(C(=O)NC1CCCCC1)c1ccc(N2CCCCC2)cc1)NO. The van der Waals surface area contributed by atoms with Crippen LogP contribution in [0.5, 0.6) is 0 Å². The number of rotatable bonds is 10. The third kappa shape index (κ3) is 7.69. The minimum Gasteiger partial charge on any atom is -0.372 e. The Balaban J connectivity index is 1.57. The Morgan fingerprint density at radius 2 is 1.56 bits per heavy atom. The molecule has 0 unspecified atom stereocenters. The number of nitrogens with one attached hydrogen (secondary N) is 2. The molecule has 3 N–H and O–H groups in total. The highest BCUT2D eigenvalue weighted by Gasteiger charge is 2.21. The number of hydrogen-bond donors (Lipinski definition) is 3. The van der Waals surface area contributed by atoms with Gasteiger partial charge >= 0.3 is 6.03 Å². The van der Waals surface area contributed by atoms with Gasteiger partial charge in [-0.25, -0.2) is 10.3 Å². The van der Waals surface area contributed by atoms with Crippen LogP contribution in [0.2, 0.25) is 0 Å². The Hall–Kier alpha value is -2.28. The third-order valence-corrected chi connectivity index (χ3v) is 6.72. The van der Waals surface area contributed by atoms with Crippen LogP contribution in [0.3, 0.4) is 0 Å². The Bertz CT molecular complexity index is 698. The molecular weight excluding hydrogens is 404 g/mol.